The quantitative estimate of drug-likeness (QED) is 0.567. The molecule has 0 bridgehead atoms. The molecule has 0 atom stereocenters. The number of hydrogen-bond acceptors (Lipinski definition) is 5. The van der Waals surface area contributed by atoms with Crippen LogP contribution in [0.2, 0.25) is 0 Å². The van der Waals surface area contributed by atoms with Crippen molar-refractivity contribution in [3.63, 3.8) is 0 Å². The maximum absolute atomic E-state index is 11.5. The van der Waals surface area contributed by atoms with Gasteiger partial charge in [0.05, 0.1) is 6.42 Å². The first-order chi connectivity index (χ1) is 8.31. The molecule has 0 aliphatic heterocycles. The highest BCUT2D eigenvalue weighted by atomic mass is 16.7. The Morgan fingerprint density at radius 2 is 2.24 bits per heavy atom. The number of nitrogens with zero attached hydrogens (tertiary/aromatic N) is 3. The van der Waals surface area contributed by atoms with Gasteiger partial charge in [0.2, 0.25) is 0 Å². The van der Waals surface area contributed by atoms with Crippen molar-refractivity contribution >= 4 is 17.0 Å². The Morgan fingerprint density at radius 3 is 3.06 bits per heavy atom. The average Bonchev–Trinajstić information content (AvgIpc) is 2.73. The second kappa shape index (κ2) is 5.40. The van der Waals surface area contributed by atoms with Gasteiger partial charge in [0.25, 0.3) is 0 Å². The molecule has 1 aromatic carbocycles. The highest BCUT2D eigenvalue weighted by Gasteiger charge is 2.09. The fraction of sp³-hybridized carbons (Fsp3) is 0.364. The van der Waals surface area contributed by atoms with E-state index in [4.69, 9.17) is 9.57 Å². The summed E-state index contributed by atoms with van der Waals surface area (Å²) in [5.74, 6) is -0.349. The van der Waals surface area contributed by atoms with E-state index >= 15 is 0 Å². The van der Waals surface area contributed by atoms with Gasteiger partial charge >= 0.3 is 5.97 Å². The van der Waals surface area contributed by atoms with Gasteiger partial charge in [-0.3, -0.25) is 0 Å². The normalized spacial score (nSPS) is 10.6. The van der Waals surface area contributed by atoms with Crippen molar-refractivity contribution in [3.8, 4) is 0 Å². The summed E-state index contributed by atoms with van der Waals surface area (Å²) in [6.45, 7) is 0.535. The monoisotopic (exact) mass is 235 g/mol. The summed E-state index contributed by atoms with van der Waals surface area (Å²) in [6, 6.07) is 7.28. The first-order valence-electron chi connectivity index (χ1n) is 5.32. The maximum atomic E-state index is 11.5. The van der Waals surface area contributed by atoms with Crippen LogP contribution in [0.15, 0.2) is 24.3 Å². The lowest BCUT2D eigenvalue weighted by atomic mass is 10.3. The molecule has 0 N–H and O–H groups in total. The van der Waals surface area contributed by atoms with Gasteiger partial charge in [-0.1, -0.05) is 17.0 Å². The number of hydrogen-bond donors (Lipinski definition) is 0. The minimum absolute atomic E-state index is 0.294. The number of carbonyl (C=O) groups is 1. The summed E-state index contributed by atoms with van der Waals surface area (Å²) in [5.41, 5.74) is 1.37. The summed E-state index contributed by atoms with van der Waals surface area (Å²) in [6.07, 6.45) is 0.921. The third-order valence-corrected chi connectivity index (χ3v) is 2.24. The summed E-state index contributed by atoms with van der Waals surface area (Å²) in [5, 5.41) is 7.64. The maximum Gasteiger partial charge on any atom is 0.335 e. The molecule has 0 amide bonds. The minimum atomic E-state index is -0.349. The highest BCUT2D eigenvalue weighted by molar-refractivity contribution is 5.75. The SMILES string of the molecule is COCCCC(=O)On1nnc2ccccc21. The third-order valence-electron chi connectivity index (χ3n) is 2.24. The van der Waals surface area contributed by atoms with E-state index in [9.17, 15) is 4.79 Å². The van der Waals surface area contributed by atoms with Crippen LogP contribution in [0.4, 0.5) is 0 Å². The van der Waals surface area contributed by atoms with Crippen LogP contribution in [0.25, 0.3) is 11.0 Å². The molecule has 2 rings (SSSR count). The van der Waals surface area contributed by atoms with Crippen molar-refractivity contribution in [2.75, 3.05) is 13.7 Å². The number of methoxy groups -OCH3 is 1. The van der Waals surface area contributed by atoms with Crippen molar-refractivity contribution in [2.45, 2.75) is 12.8 Å². The van der Waals surface area contributed by atoms with Gasteiger partial charge in [0.1, 0.15) is 11.0 Å². The van der Waals surface area contributed by atoms with Gasteiger partial charge in [0.15, 0.2) is 0 Å². The van der Waals surface area contributed by atoms with Gasteiger partial charge in [-0.15, -0.1) is 5.10 Å². The molecule has 90 valence electrons. The number of benzene rings is 1. The number of rotatable bonds is 5. The van der Waals surface area contributed by atoms with E-state index in [1.54, 1.807) is 19.2 Å². The third kappa shape index (κ3) is 2.79. The molecule has 6 heteroatoms. The highest BCUT2D eigenvalue weighted by Crippen LogP contribution is 2.08. The van der Waals surface area contributed by atoms with Crippen molar-refractivity contribution in [1.29, 1.82) is 0 Å². The molecule has 0 radical (unpaired) electrons. The van der Waals surface area contributed by atoms with Crippen LogP contribution in [-0.2, 0) is 9.53 Å². The predicted molar refractivity (Wildman–Crippen MR) is 60.2 cm³/mol. The van der Waals surface area contributed by atoms with E-state index in [0.29, 0.717) is 30.5 Å². The predicted octanol–water partition coefficient (Wildman–Crippen LogP) is 0.813. The zero-order valence-electron chi connectivity index (χ0n) is 9.50. The zero-order valence-corrected chi connectivity index (χ0v) is 9.50. The summed E-state index contributed by atoms with van der Waals surface area (Å²) in [7, 11) is 1.59. The Balaban J connectivity index is 2.01. The lowest BCUT2D eigenvalue weighted by molar-refractivity contribution is -0.145. The van der Waals surface area contributed by atoms with Gasteiger partial charge in [0, 0.05) is 13.7 Å². The van der Waals surface area contributed by atoms with Crippen molar-refractivity contribution < 1.29 is 14.4 Å². The minimum Gasteiger partial charge on any atom is -0.385 e. The van der Waals surface area contributed by atoms with Gasteiger partial charge in [-0.2, -0.15) is 0 Å². The number of ether oxygens (including phenoxy) is 1. The number of para-hydroxylation sites is 1. The van der Waals surface area contributed by atoms with Crippen LogP contribution in [0, 0.1) is 0 Å². The average molecular weight is 235 g/mol. The fourth-order valence-electron chi connectivity index (χ4n) is 1.42. The van der Waals surface area contributed by atoms with Crippen LogP contribution in [-0.4, -0.2) is 34.8 Å². The van der Waals surface area contributed by atoms with Gasteiger partial charge in [-0.05, 0) is 23.8 Å². The lowest BCUT2D eigenvalue weighted by Crippen LogP contribution is -2.21. The first kappa shape index (κ1) is 11.5. The second-order valence-electron chi connectivity index (χ2n) is 3.51. The Kier molecular flexibility index (Phi) is 3.66. The van der Waals surface area contributed by atoms with Crippen LogP contribution in [0.1, 0.15) is 12.8 Å². The molecular weight excluding hydrogens is 222 g/mol. The van der Waals surface area contributed by atoms with E-state index in [2.05, 4.69) is 10.3 Å². The Labute approximate surface area is 98.1 Å². The van der Waals surface area contributed by atoms with E-state index in [-0.39, 0.29) is 5.97 Å². The zero-order chi connectivity index (χ0) is 12.1. The van der Waals surface area contributed by atoms with Crippen molar-refractivity contribution in [3.05, 3.63) is 24.3 Å². The van der Waals surface area contributed by atoms with Gasteiger partial charge < -0.3 is 9.57 Å². The largest absolute Gasteiger partial charge is 0.385 e. The molecule has 2 aromatic rings. The molecule has 0 unspecified atom stereocenters. The smallest absolute Gasteiger partial charge is 0.335 e. The molecule has 0 spiro atoms. The standard InChI is InChI=1S/C11H13N3O3/c1-16-8-4-7-11(15)17-14-10-6-3-2-5-9(10)12-13-14/h2-3,5-6H,4,7-8H2,1H3. The molecule has 1 aromatic heterocycles. The Bertz CT molecular complexity index is 509. The molecule has 1 heterocycles. The molecule has 17 heavy (non-hydrogen) atoms. The Hall–Kier alpha value is -1.95. The first-order valence-corrected chi connectivity index (χ1v) is 5.32. The van der Waals surface area contributed by atoms with E-state index in [1.807, 2.05) is 12.1 Å². The summed E-state index contributed by atoms with van der Waals surface area (Å²) in [4.78, 5) is 17.7. The summed E-state index contributed by atoms with van der Waals surface area (Å²) >= 11 is 0. The van der Waals surface area contributed by atoms with Crippen LogP contribution < -0.4 is 4.84 Å². The van der Waals surface area contributed by atoms with Crippen LogP contribution in [0.3, 0.4) is 0 Å². The Morgan fingerprint density at radius 1 is 1.41 bits per heavy atom. The van der Waals surface area contributed by atoms with Crippen molar-refractivity contribution in [2.24, 2.45) is 0 Å². The molecule has 0 fully saturated rings. The molecule has 0 saturated heterocycles. The summed E-state index contributed by atoms with van der Waals surface area (Å²) < 4.78 is 4.86. The number of carbonyl (C=O) groups excluding carboxylic acids is 1. The topological polar surface area (TPSA) is 66.2 Å². The van der Waals surface area contributed by atoms with E-state index in [0.717, 1.165) is 4.85 Å². The molecule has 0 saturated carbocycles. The van der Waals surface area contributed by atoms with Crippen molar-refractivity contribution in [1.82, 2.24) is 15.2 Å². The lowest BCUT2D eigenvalue weighted by Gasteiger charge is -2.02. The fourth-order valence-corrected chi connectivity index (χ4v) is 1.42. The van der Waals surface area contributed by atoms with E-state index < -0.39 is 0 Å². The molecule has 0 aliphatic rings. The molecular formula is C11H13N3O3. The van der Waals surface area contributed by atoms with Gasteiger partial charge in [-0.25, -0.2) is 4.79 Å². The van der Waals surface area contributed by atoms with Crippen LogP contribution in [0.5, 0.6) is 0 Å². The van der Waals surface area contributed by atoms with Crippen LogP contribution >= 0.6 is 0 Å². The molecule has 0 aliphatic carbocycles. The number of aromatic nitrogens is 3. The molecule has 6 nitrogen and oxygen atoms in total. The van der Waals surface area contributed by atoms with E-state index in [1.165, 1.54) is 0 Å². The second-order valence-corrected chi connectivity index (χ2v) is 3.51. The number of fused-ring (bicyclic) bond motifs is 1.